The van der Waals surface area contributed by atoms with Crippen molar-refractivity contribution in [1.82, 2.24) is 4.90 Å². The summed E-state index contributed by atoms with van der Waals surface area (Å²) in [6.07, 6.45) is 5.17. The zero-order valence-corrected chi connectivity index (χ0v) is 10.8. The number of hydrogen-bond acceptors (Lipinski definition) is 3. The average Bonchev–Trinajstić information content (AvgIpc) is 2.81. The second-order valence-corrected chi connectivity index (χ2v) is 4.66. The molecule has 0 radical (unpaired) electrons. The number of hydrogen-bond donors (Lipinski definition) is 1. The van der Waals surface area contributed by atoms with Gasteiger partial charge in [-0.25, -0.2) is 4.79 Å². The first-order valence-corrected chi connectivity index (χ1v) is 6.36. The standard InChI is InChI=1S/C14H17NO4/c1-10-5-6-11(19-10)7-8-13(16)15-9-3-2-4-12(15)14(17)18/h5-8,12H,2-4,9H2,1H3,(H,17,18)/t12-/m0/s1. The summed E-state index contributed by atoms with van der Waals surface area (Å²) in [5.74, 6) is 0.152. The van der Waals surface area contributed by atoms with Gasteiger partial charge in [-0.1, -0.05) is 0 Å². The van der Waals surface area contributed by atoms with E-state index >= 15 is 0 Å². The van der Waals surface area contributed by atoms with Gasteiger partial charge < -0.3 is 14.4 Å². The van der Waals surface area contributed by atoms with E-state index < -0.39 is 12.0 Å². The number of carbonyl (C=O) groups excluding carboxylic acids is 1. The molecule has 2 heterocycles. The van der Waals surface area contributed by atoms with Gasteiger partial charge in [-0.2, -0.15) is 0 Å². The smallest absolute Gasteiger partial charge is 0.326 e. The van der Waals surface area contributed by atoms with Gasteiger partial charge in [0.1, 0.15) is 17.6 Å². The van der Waals surface area contributed by atoms with E-state index in [0.29, 0.717) is 18.7 Å². The molecule has 0 aromatic carbocycles. The third kappa shape index (κ3) is 3.24. The number of furan rings is 1. The molecule has 0 aliphatic carbocycles. The van der Waals surface area contributed by atoms with Gasteiger partial charge in [-0.3, -0.25) is 4.79 Å². The number of nitrogens with zero attached hydrogens (tertiary/aromatic N) is 1. The van der Waals surface area contributed by atoms with Gasteiger partial charge in [-0.15, -0.1) is 0 Å². The highest BCUT2D eigenvalue weighted by Crippen LogP contribution is 2.18. The van der Waals surface area contributed by atoms with Gasteiger partial charge in [0.05, 0.1) is 0 Å². The Morgan fingerprint density at radius 3 is 2.84 bits per heavy atom. The van der Waals surface area contributed by atoms with Crippen molar-refractivity contribution < 1.29 is 19.1 Å². The summed E-state index contributed by atoms with van der Waals surface area (Å²) in [6, 6.07) is 2.87. The second kappa shape index (κ2) is 5.73. The Balaban J connectivity index is 2.05. The Bertz CT molecular complexity index is 503. The van der Waals surface area contributed by atoms with Crippen LogP contribution in [0.2, 0.25) is 0 Å². The van der Waals surface area contributed by atoms with Crippen LogP contribution in [0.5, 0.6) is 0 Å². The molecule has 1 aliphatic heterocycles. The lowest BCUT2D eigenvalue weighted by molar-refractivity contribution is -0.150. The molecule has 1 amide bonds. The molecule has 1 aromatic rings. The largest absolute Gasteiger partial charge is 0.480 e. The number of carboxylic acid groups (broad SMARTS) is 1. The maximum atomic E-state index is 12.0. The van der Waals surface area contributed by atoms with E-state index in [4.69, 9.17) is 9.52 Å². The third-order valence-electron chi connectivity index (χ3n) is 3.22. The minimum Gasteiger partial charge on any atom is -0.480 e. The number of aryl methyl sites for hydroxylation is 1. The van der Waals surface area contributed by atoms with E-state index in [2.05, 4.69) is 0 Å². The predicted molar refractivity (Wildman–Crippen MR) is 69.5 cm³/mol. The maximum Gasteiger partial charge on any atom is 0.326 e. The molecule has 0 unspecified atom stereocenters. The molecular weight excluding hydrogens is 246 g/mol. The molecule has 1 fully saturated rings. The fourth-order valence-electron chi connectivity index (χ4n) is 2.24. The molecule has 19 heavy (non-hydrogen) atoms. The Morgan fingerprint density at radius 1 is 1.42 bits per heavy atom. The molecule has 0 spiro atoms. The molecule has 5 nitrogen and oxygen atoms in total. The van der Waals surface area contributed by atoms with Gasteiger partial charge in [0, 0.05) is 12.6 Å². The average molecular weight is 263 g/mol. The number of aliphatic carboxylic acids is 1. The Hall–Kier alpha value is -2.04. The Morgan fingerprint density at radius 2 is 2.21 bits per heavy atom. The first-order valence-electron chi connectivity index (χ1n) is 6.36. The van der Waals surface area contributed by atoms with Gasteiger partial charge in [0.2, 0.25) is 5.91 Å². The minimum absolute atomic E-state index is 0.277. The zero-order chi connectivity index (χ0) is 13.8. The van der Waals surface area contributed by atoms with Gasteiger partial charge in [0.25, 0.3) is 0 Å². The van der Waals surface area contributed by atoms with Gasteiger partial charge in [0.15, 0.2) is 0 Å². The molecule has 1 saturated heterocycles. The second-order valence-electron chi connectivity index (χ2n) is 4.66. The molecular formula is C14H17NO4. The summed E-state index contributed by atoms with van der Waals surface area (Å²) in [5.41, 5.74) is 0. The number of likely N-dealkylation sites (tertiary alicyclic amines) is 1. The van der Waals surface area contributed by atoms with E-state index in [1.54, 1.807) is 12.1 Å². The van der Waals surface area contributed by atoms with Gasteiger partial charge >= 0.3 is 5.97 Å². The van der Waals surface area contributed by atoms with Crippen LogP contribution in [0.3, 0.4) is 0 Å². The van der Waals surface area contributed by atoms with Crippen molar-refractivity contribution in [2.45, 2.75) is 32.2 Å². The van der Waals surface area contributed by atoms with Crippen LogP contribution in [0.25, 0.3) is 6.08 Å². The van der Waals surface area contributed by atoms with Crippen LogP contribution in [0.4, 0.5) is 0 Å². The number of carboxylic acids is 1. The summed E-state index contributed by atoms with van der Waals surface area (Å²) in [7, 11) is 0. The summed E-state index contributed by atoms with van der Waals surface area (Å²) < 4.78 is 5.32. The summed E-state index contributed by atoms with van der Waals surface area (Å²) in [4.78, 5) is 24.6. The monoisotopic (exact) mass is 263 g/mol. The number of amides is 1. The third-order valence-corrected chi connectivity index (χ3v) is 3.22. The molecule has 102 valence electrons. The van der Waals surface area contributed by atoms with E-state index in [-0.39, 0.29) is 5.91 Å². The van der Waals surface area contributed by atoms with Crippen molar-refractivity contribution in [2.24, 2.45) is 0 Å². The highest BCUT2D eigenvalue weighted by molar-refractivity contribution is 5.94. The Labute approximate surface area is 111 Å². The minimum atomic E-state index is -0.935. The number of rotatable bonds is 3. The van der Waals surface area contributed by atoms with Crippen molar-refractivity contribution in [1.29, 1.82) is 0 Å². The van der Waals surface area contributed by atoms with Crippen LogP contribution < -0.4 is 0 Å². The van der Waals surface area contributed by atoms with Crippen molar-refractivity contribution in [3.8, 4) is 0 Å². The quantitative estimate of drug-likeness (QED) is 0.847. The fourth-order valence-corrected chi connectivity index (χ4v) is 2.24. The van der Waals surface area contributed by atoms with Crippen molar-refractivity contribution in [2.75, 3.05) is 6.54 Å². The van der Waals surface area contributed by atoms with E-state index in [1.165, 1.54) is 11.0 Å². The van der Waals surface area contributed by atoms with Crippen LogP contribution in [0, 0.1) is 6.92 Å². The molecule has 0 saturated carbocycles. The van der Waals surface area contributed by atoms with Crippen LogP contribution in [0.1, 0.15) is 30.8 Å². The highest BCUT2D eigenvalue weighted by Gasteiger charge is 2.30. The maximum absolute atomic E-state index is 12.0. The van der Waals surface area contributed by atoms with Crippen molar-refractivity contribution in [3.05, 3.63) is 29.7 Å². The lowest BCUT2D eigenvalue weighted by Crippen LogP contribution is -2.47. The molecule has 5 heteroatoms. The Kier molecular flexibility index (Phi) is 4.04. The first-order chi connectivity index (χ1) is 9.08. The highest BCUT2D eigenvalue weighted by atomic mass is 16.4. The van der Waals surface area contributed by atoms with E-state index in [9.17, 15) is 9.59 Å². The molecule has 1 aliphatic rings. The number of carbonyl (C=O) groups is 2. The first kappa shape index (κ1) is 13.4. The summed E-state index contributed by atoms with van der Waals surface area (Å²) in [5, 5.41) is 9.11. The van der Waals surface area contributed by atoms with Crippen molar-refractivity contribution >= 4 is 18.0 Å². The molecule has 0 bridgehead atoms. The number of piperidine rings is 1. The predicted octanol–water partition coefficient (Wildman–Crippen LogP) is 2.07. The molecule has 1 N–H and O–H groups in total. The molecule has 1 atom stereocenters. The lowest BCUT2D eigenvalue weighted by atomic mass is 10.0. The molecule has 2 rings (SSSR count). The zero-order valence-electron chi connectivity index (χ0n) is 10.8. The normalized spacial score (nSPS) is 19.8. The van der Waals surface area contributed by atoms with E-state index in [0.717, 1.165) is 18.6 Å². The van der Waals surface area contributed by atoms with E-state index in [1.807, 2.05) is 13.0 Å². The summed E-state index contributed by atoms with van der Waals surface area (Å²) >= 11 is 0. The SMILES string of the molecule is Cc1ccc(C=CC(=O)N2CCCC[C@H]2C(=O)O)o1. The van der Waals surface area contributed by atoms with Crippen LogP contribution in [0.15, 0.2) is 22.6 Å². The van der Waals surface area contributed by atoms with Crippen molar-refractivity contribution in [3.63, 3.8) is 0 Å². The van der Waals surface area contributed by atoms with Crippen LogP contribution in [-0.2, 0) is 9.59 Å². The fraction of sp³-hybridized carbons (Fsp3) is 0.429. The lowest BCUT2D eigenvalue weighted by Gasteiger charge is -2.32. The van der Waals surface area contributed by atoms with Gasteiger partial charge in [-0.05, 0) is 44.4 Å². The topological polar surface area (TPSA) is 70.8 Å². The van der Waals surface area contributed by atoms with Crippen LogP contribution in [-0.4, -0.2) is 34.5 Å². The summed E-state index contributed by atoms with van der Waals surface area (Å²) in [6.45, 7) is 2.32. The molecule has 1 aromatic heterocycles. The van der Waals surface area contributed by atoms with Crippen LogP contribution >= 0.6 is 0 Å².